The van der Waals surface area contributed by atoms with Crippen molar-refractivity contribution in [2.45, 2.75) is 12.5 Å². The number of pyridine rings is 1. The van der Waals surface area contributed by atoms with Gasteiger partial charge in [-0.05, 0) is 31.2 Å². The molecule has 0 aliphatic carbocycles. The van der Waals surface area contributed by atoms with Crippen LogP contribution in [-0.2, 0) is 0 Å². The molecule has 3 rings (SSSR count). The van der Waals surface area contributed by atoms with Crippen LogP contribution >= 0.6 is 11.6 Å². The fourth-order valence-electron chi connectivity index (χ4n) is 2.81. The summed E-state index contributed by atoms with van der Waals surface area (Å²) in [4.78, 5) is 4.20. The number of halogens is 1. The fourth-order valence-corrected chi connectivity index (χ4v) is 2.99. The Hall–Kier alpha value is -1.78. The van der Waals surface area contributed by atoms with Crippen LogP contribution in [0.4, 0.5) is 0 Å². The predicted octanol–water partition coefficient (Wildman–Crippen LogP) is 3.47. The van der Waals surface area contributed by atoms with Crippen molar-refractivity contribution >= 4 is 11.6 Å². The van der Waals surface area contributed by atoms with Gasteiger partial charge in [0, 0.05) is 30.4 Å². The van der Waals surface area contributed by atoms with Gasteiger partial charge >= 0.3 is 0 Å². The van der Waals surface area contributed by atoms with E-state index in [1.165, 1.54) is 0 Å². The van der Waals surface area contributed by atoms with E-state index >= 15 is 0 Å². The molecule has 1 aliphatic rings. The molecule has 2 heterocycles. The summed E-state index contributed by atoms with van der Waals surface area (Å²) < 4.78 is 11.7. The minimum absolute atomic E-state index is 0.0995. The van der Waals surface area contributed by atoms with Gasteiger partial charge in [0.15, 0.2) is 11.5 Å². The third-order valence-corrected chi connectivity index (χ3v) is 4.11. The molecule has 0 radical (unpaired) electrons. The van der Waals surface area contributed by atoms with Crippen molar-refractivity contribution in [3.63, 3.8) is 0 Å². The number of hydrogen-bond donors (Lipinski definition) is 1. The summed E-state index contributed by atoms with van der Waals surface area (Å²) in [6, 6.07) is 9.62. The van der Waals surface area contributed by atoms with Gasteiger partial charge in [0.2, 0.25) is 0 Å². The number of para-hydroxylation sites is 2. The van der Waals surface area contributed by atoms with E-state index in [1.807, 2.05) is 36.5 Å². The molecule has 1 aliphatic heterocycles. The molecule has 0 saturated carbocycles. The van der Waals surface area contributed by atoms with E-state index in [9.17, 15) is 0 Å². The minimum Gasteiger partial charge on any atom is -0.493 e. The summed E-state index contributed by atoms with van der Waals surface area (Å²) in [7, 11) is 1.65. The first-order valence-corrected chi connectivity index (χ1v) is 7.76. The molecule has 0 spiro atoms. The van der Waals surface area contributed by atoms with Gasteiger partial charge in [-0.1, -0.05) is 23.7 Å². The zero-order chi connectivity index (χ0) is 15.4. The van der Waals surface area contributed by atoms with Crippen LogP contribution in [-0.4, -0.2) is 25.2 Å². The molecule has 22 heavy (non-hydrogen) atoms. The van der Waals surface area contributed by atoms with Crippen molar-refractivity contribution in [2.24, 2.45) is 5.92 Å². The number of rotatable bonds is 5. The first-order chi connectivity index (χ1) is 10.8. The smallest absolute Gasteiger partial charge is 0.162 e. The molecule has 1 N–H and O–H groups in total. The molecule has 1 aromatic heterocycles. The maximum Gasteiger partial charge on any atom is 0.162 e. The monoisotopic (exact) mass is 318 g/mol. The molecule has 1 aromatic carbocycles. The van der Waals surface area contributed by atoms with Crippen molar-refractivity contribution in [2.75, 3.05) is 20.2 Å². The van der Waals surface area contributed by atoms with Gasteiger partial charge in [-0.25, -0.2) is 0 Å². The normalized spacial score (nSPS) is 18.9. The summed E-state index contributed by atoms with van der Waals surface area (Å²) in [5.74, 6) is 1.85. The second-order valence-electron chi connectivity index (χ2n) is 5.38. The van der Waals surface area contributed by atoms with Gasteiger partial charge in [0.05, 0.1) is 12.1 Å². The molecule has 0 unspecified atom stereocenters. The Morgan fingerprint density at radius 2 is 2.09 bits per heavy atom. The van der Waals surface area contributed by atoms with E-state index in [0.717, 1.165) is 36.6 Å². The lowest BCUT2D eigenvalue weighted by atomic mass is 9.96. The fraction of sp³-hybridized carbons (Fsp3) is 0.353. The first kappa shape index (κ1) is 15.1. The SMILES string of the molecule is COc1ccccc1O[C@@H](c1cncc(Cl)c1)[C@H]1CCNC1. The Morgan fingerprint density at radius 1 is 1.27 bits per heavy atom. The van der Waals surface area contributed by atoms with E-state index in [-0.39, 0.29) is 6.10 Å². The molecule has 1 fully saturated rings. The third kappa shape index (κ3) is 3.34. The van der Waals surface area contributed by atoms with Crippen molar-refractivity contribution in [1.82, 2.24) is 10.3 Å². The molecule has 4 nitrogen and oxygen atoms in total. The average molecular weight is 319 g/mol. The van der Waals surface area contributed by atoms with Gasteiger partial charge in [-0.3, -0.25) is 4.98 Å². The average Bonchev–Trinajstić information content (AvgIpc) is 3.07. The van der Waals surface area contributed by atoms with Crippen LogP contribution in [0.5, 0.6) is 11.5 Å². The number of hydrogen-bond acceptors (Lipinski definition) is 4. The third-order valence-electron chi connectivity index (χ3n) is 3.90. The van der Waals surface area contributed by atoms with Crippen molar-refractivity contribution in [3.8, 4) is 11.5 Å². The molecular formula is C17H19ClN2O2. The van der Waals surface area contributed by atoms with Crippen molar-refractivity contribution < 1.29 is 9.47 Å². The molecule has 1 saturated heterocycles. The van der Waals surface area contributed by atoms with E-state index in [1.54, 1.807) is 13.3 Å². The molecule has 116 valence electrons. The van der Waals surface area contributed by atoms with Gasteiger partial charge in [-0.15, -0.1) is 0 Å². The molecule has 0 bridgehead atoms. The van der Waals surface area contributed by atoms with Gasteiger partial charge in [-0.2, -0.15) is 0 Å². The van der Waals surface area contributed by atoms with Crippen LogP contribution in [0.15, 0.2) is 42.7 Å². The van der Waals surface area contributed by atoms with Crippen molar-refractivity contribution in [3.05, 3.63) is 53.3 Å². The lowest BCUT2D eigenvalue weighted by Gasteiger charge is -2.25. The molecule has 5 heteroatoms. The highest BCUT2D eigenvalue weighted by Crippen LogP contribution is 2.36. The minimum atomic E-state index is -0.0995. The highest BCUT2D eigenvalue weighted by Gasteiger charge is 2.29. The maximum atomic E-state index is 6.30. The van der Waals surface area contributed by atoms with Crippen LogP contribution in [0.1, 0.15) is 18.1 Å². The van der Waals surface area contributed by atoms with Gasteiger partial charge in [0.25, 0.3) is 0 Å². The van der Waals surface area contributed by atoms with Crippen LogP contribution < -0.4 is 14.8 Å². The number of ether oxygens (including phenoxy) is 2. The second-order valence-corrected chi connectivity index (χ2v) is 5.82. The Kier molecular flexibility index (Phi) is 4.80. The van der Waals surface area contributed by atoms with E-state index < -0.39 is 0 Å². The summed E-state index contributed by atoms with van der Waals surface area (Å²) in [6.07, 6.45) is 4.42. The van der Waals surface area contributed by atoms with Crippen molar-refractivity contribution in [1.29, 1.82) is 0 Å². The Bertz CT molecular complexity index is 630. The lowest BCUT2D eigenvalue weighted by Crippen LogP contribution is -2.21. The standard InChI is InChI=1S/C17H19ClN2O2/c1-21-15-4-2-3-5-16(15)22-17(12-6-7-19-9-12)13-8-14(18)11-20-10-13/h2-5,8,10-12,17,19H,6-7,9H2,1H3/t12-,17+/m0/s1. The largest absolute Gasteiger partial charge is 0.493 e. The maximum absolute atomic E-state index is 6.30. The molecule has 2 aromatic rings. The van der Waals surface area contributed by atoms with Crippen LogP contribution in [0, 0.1) is 5.92 Å². The Labute approximate surface area is 135 Å². The molecular weight excluding hydrogens is 300 g/mol. The zero-order valence-corrected chi connectivity index (χ0v) is 13.2. The quantitative estimate of drug-likeness (QED) is 0.916. The zero-order valence-electron chi connectivity index (χ0n) is 12.5. The lowest BCUT2D eigenvalue weighted by molar-refractivity contribution is 0.139. The topological polar surface area (TPSA) is 43.4 Å². The summed E-state index contributed by atoms with van der Waals surface area (Å²) in [6.45, 7) is 1.93. The van der Waals surface area contributed by atoms with Crippen LogP contribution in [0.2, 0.25) is 5.02 Å². The second kappa shape index (κ2) is 6.99. The number of benzene rings is 1. The summed E-state index contributed by atoms with van der Waals surface area (Å²) >= 11 is 6.10. The van der Waals surface area contributed by atoms with Crippen LogP contribution in [0.25, 0.3) is 0 Å². The summed E-state index contributed by atoms with van der Waals surface area (Å²) in [5, 5.41) is 4.01. The van der Waals surface area contributed by atoms with E-state index in [2.05, 4.69) is 10.3 Å². The van der Waals surface area contributed by atoms with Gasteiger partial charge < -0.3 is 14.8 Å². The van der Waals surface area contributed by atoms with Gasteiger partial charge in [0.1, 0.15) is 6.10 Å². The first-order valence-electron chi connectivity index (χ1n) is 7.39. The van der Waals surface area contributed by atoms with Crippen LogP contribution in [0.3, 0.4) is 0 Å². The Balaban J connectivity index is 1.91. The predicted molar refractivity (Wildman–Crippen MR) is 86.6 cm³/mol. The number of nitrogens with zero attached hydrogens (tertiary/aromatic N) is 1. The Morgan fingerprint density at radius 3 is 2.77 bits per heavy atom. The van der Waals surface area contributed by atoms with E-state index in [4.69, 9.17) is 21.1 Å². The highest BCUT2D eigenvalue weighted by atomic mass is 35.5. The highest BCUT2D eigenvalue weighted by molar-refractivity contribution is 6.30. The van der Waals surface area contributed by atoms with E-state index in [0.29, 0.717) is 10.9 Å². The molecule has 0 amide bonds. The number of methoxy groups -OCH3 is 1. The summed E-state index contributed by atoms with van der Waals surface area (Å²) in [5.41, 5.74) is 0.993. The number of aromatic nitrogens is 1. The number of nitrogens with one attached hydrogen (secondary N) is 1. The molecule has 2 atom stereocenters.